The molecular weight excluding hydrogens is 516 g/mol. The van der Waals surface area contributed by atoms with E-state index in [0.29, 0.717) is 31.7 Å². The third-order valence-electron chi connectivity index (χ3n) is 6.40. The number of fused-ring (bicyclic) bond motifs is 1. The van der Waals surface area contributed by atoms with Crippen LogP contribution in [-0.2, 0) is 17.5 Å². The van der Waals surface area contributed by atoms with Crippen LogP contribution in [0.5, 0.6) is 0 Å². The topological polar surface area (TPSA) is 77.0 Å². The molecule has 0 bridgehead atoms. The second-order valence-electron chi connectivity index (χ2n) is 10.00. The summed E-state index contributed by atoms with van der Waals surface area (Å²) in [5.41, 5.74) is 3.95. The Bertz CT molecular complexity index is 1100. The first-order valence-electron chi connectivity index (χ1n) is 11.7. The zero-order valence-electron chi connectivity index (χ0n) is 20.3. The lowest BCUT2D eigenvalue weighted by Gasteiger charge is -2.32. The van der Waals surface area contributed by atoms with Crippen LogP contribution in [0.1, 0.15) is 54.8 Å². The maximum absolute atomic E-state index is 13.5. The van der Waals surface area contributed by atoms with Gasteiger partial charge in [-0.05, 0) is 58.0 Å². The van der Waals surface area contributed by atoms with Crippen molar-refractivity contribution in [1.82, 2.24) is 19.1 Å². The molecule has 1 saturated heterocycles. The number of carbonyl (C=O) groups is 1. The highest BCUT2D eigenvalue weighted by Gasteiger charge is 2.40. The van der Waals surface area contributed by atoms with Gasteiger partial charge < -0.3 is 14.9 Å². The van der Waals surface area contributed by atoms with Crippen LogP contribution in [0.25, 0.3) is 11.3 Å². The molecule has 0 spiro atoms. The van der Waals surface area contributed by atoms with E-state index in [2.05, 4.69) is 27.9 Å². The van der Waals surface area contributed by atoms with Gasteiger partial charge in [-0.1, -0.05) is 28.1 Å². The highest BCUT2D eigenvalue weighted by atomic mass is 79.9. The molecule has 1 aromatic carbocycles. The highest BCUT2D eigenvalue weighted by Crippen LogP contribution is 2.44. The Balaban J connectivity index is 1.83. The third kappa shape index (κ3) is 5.14. The summed E-state index contributed by atoms with van der Waals surface area (Å²) in [5, 5.41) is 9.88. The molecule has 184 valence electrons. The Morgan fingerprint density at radius 3 is 2.53 bits per heavy atom. The predicted molar refractivity (Wildman–Crippen MR) is 139 cm³/mol. The molecule has 2 aliphatic rings. The van der Waals surface area contributed by atoms with Crippen LogP contribution in [0.3, 0.4) is 0 Å². The lowest BCUT2D eigenvalue weighted by atomic mass is 9.96. The van der Waals surface area contributed by atoms with Gasteiger partial charge in [-0.2, -0.15) is 0 Å². The summed E-state index contributed by atoms with van der Waals surface area (Å²) >= 11 is 3.56. The van der Waals surface area contributed by atoms with Gasteiger partial charge in [0.15, 0.2) is 0 Å². The van der Waals surface area contributed by atoms with Crippen molar-refractivity contribution < 1.29 is 14.1 Å². The van der Waals surface area contributed by atoms with Gasteiger partial charge in [0.05, 0.1) is 16.5 Å². The number of aliphatic hydroxyl groups is 1. The normalized spacial score (nSPS) is 20.4. The number of aliphatic hydroxyl groups excluding tert-OH is 1. The average molecular weight is 550 g/mol. The minimum absolute atomic E-state index is 0.0259. The maximum Gasteiger partial charge on any atom is 0.272 e. The number of nitrogens with zero attached hydrogens (tertiary/aromatic N) is 4. The van der Waals surface area contributed by atoms with Crippen LogP contribution in [0.4, 0.5) is 0 Å². The summed E-state index contributed by atoms with van der Waals surface area (Å²) in [6.07, 6.45) is 0.448. The van der Waals surface area contributed by atoms with Gasteiger partial charge in [0, 0.05) is 54.9 Å². The number of pyridine rings is 1. The van der Waals surface area contributed by atoms with Crippen LogP contribution in [-0.4, -0.2) is 78.9 Å². The molecule has 2 aliphatic heterocycles. The zero-order valence-corrected chi connectivity index (χ0v) is 22.7. The van der Waals surface area contributed by atoms with E-state index >= 15 is 0 Å². The van der Waals surface area contributed by atoms with Crippen molar-refractivity contribution in [3.8, 4) is 11.3 Å². The molecule has 3 heterocycles. The summed E-state index contributed by atoms with van der Waals surface area (Å²) in [6.45, 7) is 9.32. The van der Waals surface area contributed by atoms with E-state index in [9.17, 15) is 14.1 Å². The summed E-state index contributed by atoms with van der Waals surface area (Å²) in [7, 11) is 0.781. The standard InChI is InChI=1S/C25H33BrN4O3S/c1-25(2,3)34(33)30-16-18-15-20(24(32)29-11-9-28(4)10-12-29)27-23(22(18)21(30)8-13-31)17-6-5-7-19(26)14-17/h5-7,14-15,21,31H,8-13,16H2,1-4H3/t21-,34-/m1/s1. The van der Waals surface area contributed by atoms with E-state index in [0.717, 1.165) is 39.9 Å². The smallest absolute Gasteiger partial charge is 0.272 e. The molecule has 1 amide bonds. The van der Waals surface area contributed by atoms with Gasteiger partial charge in [-0.3, -0.25) is 4.79 Å². The number of aromatic nitrogens is 1. The van der Waals surface area contributed by atoms with Crippen molar-refractivity contribution in [3.63, 3.8) is 0 Å². The van der Waals surface area contributed by atoms with Crippen molar-refractivity contribution in [2.45, 2.75) is 44.5 Å². The molecule has 0 radical (unpaired) electrons. The van der Waals surface area contributed by atoms with Gasteiger partial charge in [0.1, 0.15) is 16.7 Å². The van der Waals surface area contributed by atoms with Crippen molar-refractivity contribution in [3.05, 3.63) is 51.6 Å². The Morgan fingerprint density at radius 2 is 1.91 bits per heavy atom. The fourth-order valence-corrected chi connectivity index (χ4v) is 6.41. The summed E-state index contributed by atoms with van der Waals surface area (Å²) in [4.78, 5) is 22.4. The molecular formula is C25H33BrN4O3S. The zero-order chi connectivity index (χ0) is 24.6. The number of hydrogen-bond acceptors (Lipinski definition) is 5. The number of amides is 1. The summed E-state index contributed by atoms with van der Waals surface area (Å²) < 4.78 is 15.9. The minimum Gasteiger partial charge on any atom is -0.396 e. The number of halogens is 1. The van der Waals surface area contributed by atoms with Crippen molar-refractivity contribution >= 4 is 32.8 Å². The third-order valence-corrected chi connectivity index (χ3v) is 8.75. The van der Waals surface area contributed by atoms with E-state index in [1.54, 1.807) is 0 Å². The van der Waals surface area contributed by atoms with Crippen LogP contribution >= 0.6 is 15.9 Å². The molecule has 0 aliphatic carbocycles. The van der Waals surface area contributed by atoms with E-state index < -0.39 is 15.7 Å². The van der Waals surface area contributed by atoms with Crippen molar-refractivity contribution in [2.24, 2.45) is 0 Å². The van der Waals surface area contributed by atoms with E-state index in [1.807, 2.05) is 60.3 Å². The molecule has 34 heavy (non-hydrogen) atoms. The number of rotatable bonds is 5. The number of benzene rings is 1. The van der Waals surface area contributed by atoms with Gasteiger partial charge in [-0.15, -0.1) is 0 Å². The van der Waals surface area contributed by atoms with Crippen molar-refractivity contribution in [2.75, 3.05) is 39.8 Å². The van der Waals surface area contributed by atoms with Gasteiger partial charge in [0.2, 0.25) is 0 Å². The Morgan fingerprint density at radius 1 is 1.21 bits per heavy atom. The quantitative estimate of drug-likeness (QED) is 0.617. The Hall–Kier alpha value is -1.65. The highest BCUT2D eigenvalue weighted by molar-refractivity contribution is 9.10. The maximum atomic E-state index is 13.5. The predicted octanol–water partition coefficient (Wildman–Crippen LogP) is 3.60. The largest absolute Gasteiger partial charge is 0.396 e. The molecule has 1 N–H and O–H groups in total. The molecule has 0 unspecified atom stereocenters. The Labute approximate surface area is 212 Å². The van der Waals surface area contributed by atoms with Gasteiger partial charge >= 0.3 is 0 Å². The van der Waals surface area contributed by atoms with Crippen LogP contribution in [0.2, 0.25) is 0 Å². The molecule has 0 saturated carbocycles. The molecule has 2 atom stereocenters. The van der Waals surface area contributed by atoms with Gasteiger partial charge in [-0.25, -0.2) is 13.5 Å². The first kappa shape index (κ1) is 25.4. The van der Waals surface area contributed by atoms with E-state index in [4.69, 9.17) is 4.98 Å². The summed E-state index contributed by atoms with van der Waals surface area (Å²) in [6, 6.07) is 9.51. The number of hydrogen-bond donors (Lipinski definition) is 1. The second-order valence-corrected chi connectivity index (χ2v) is 13.1. The average Bonchev–Trinajstić information content (AvgIpc) is 3.15. The van der Waals surface area contributed by atoms with Crippen LogP contribution in [0.15, 0.2) is 34.8 Å². The minimum atomic E-state index is -1.28. The van der Waals surface area contributed by atoms with E-state index in [-0.39, 0.29) is 18.6 Å². The first-order chi connectivity index (χ1) is 16.1. The fourth-order valence-electron chi connectivity index (χ4n) is 4.61. The lowest BCUT2D eigenvalue weighted by Crippen LogP contribution is -2.47. The van der Waals surface area contributed by atoms with Crippen molar-refractivity contribution in [1.29, 1.82) is 0 Å². The molecule has 9 heteroatoms. The molecule has 4 rings (SSSR count). The SMILES string of the molecule is CN1CCN(C(=O)c2cc3c(c(-c4cccc(Br)c4)n2)[C@@H](CCO)N([S@](=O)C(C)(C)C)C3)CC1. The van der Waals surface area contributed by atoms with Gasteiger partial charge in [0.25, 0.3) is 5.91 Å². The fraction of sp³-hybridized carbons (Fsp3) is 0.520. The number of carbonyl (C=O) groups excluding carboxylic acids is 1. The molecule has 2 aromatic rings. The first-order valence-corrected chi connectivity index (χ1v) is 13.6. The van der Waals surface area contributed by atoms with Crippen LogP contribution in [0, 0.1) is 0 Å². The second kappa shape index (κ2) is 10.1. The summed E-state index contributed by atoms with van der Waals surface area (Å²) in [5.74, 6) is -0.0683. The number of likely N-dealkylation sites (N-methyl/N-ethyl adjacent to an activating group) is 1. The van der Waals surface area contributed by atoms with Crippen LogP contribution < -0.4 is 0 Å². The number of piperazine rings is 1. The van der Waals surface area contributed by atoms with E-state index in [1.165, 1.54) is 0 Å². The monoisotopic (exact) mass is 548 g/mol. The molecule has 1 aromatic heterocycles. The molecule has 7 nitrogen and oxygen atoms in total. The lowest BCUT2D eigenvalue weighted by molar-refractivity contribution is 0.0658. The Kier molecular flexibility index (Phi) is 7.59. The molecule has 1 fully saturated rings.